The molecule has 2 aliphatic carbocycles. The molecule has 2 saturated carbocycles. The fourth-order valence-electron chi connectivity index (χ4n) is 4.83. The Bertz CT molecular complexity index is 1080. The second-order valence-corrected chi connectivity index (χ2v) is 11.1. The first-order chi connectivity index (χ1) is 16.6. The average molecular weight is 499 g/mol. The maximum atomic E-state index is 13.6. The lowest BCUT2D eigenvalue weighted by atomic mass is 9.76. The molecule has 0 radical (unpaired) electrons. The fourth-order valence-corrected chi connectivity index (χ4v) is 5.16. The summed E-state index contributed by atoms with van der Waals surface area (Å²) in [6.07, 6.45) is 5.17. The van der Waals surface area contributed by atoms with Crippen LogP contribution in [0.25, 0.3) is 0 Å². The summed E-state index contributed by atoms with van der Waals surface area (Å²) >= 11 is 6.51. The third-order valence-electron chi connectivity index (χ3n) is 6.79. The number of aromatic nitrogens is 1. The van der Waals surface area contributed by atoms with E-state index in [1.54, 1.807) is 7.11 Å². The number of amides is 1. The van der Waals surface area contributed by atoms with Crippen LogP contribution < -0.4 is 10.1 Å². The number of pyridine rings is 1. The number of hydrogen-bond donors (Lipinski definition) is 1. The van der Waals surface area contributed by atoms with Crippen LogP contribution in [-0.2, 0) is 11.3 Å². The maximum Gasteiger partial charge on any atom is 0.407 e. The summed E-state index contributed by atoms with van der Waals surface area (Å²) in [5.74, 6) is 1.61. The number of ketones is 1. The molecule has 1 heterocycles. The molecule has 0 unspecified atom stereocenters. The summed E-state index contributed by atoms with van der Waals surface area (Å²) < 4.78 is 10.6. The van der Waals surface area contributed by atoms with Crippen molar-refractivity contribution < 1.29 is 19.1 Å². The van der Waals surface area contributed by atoms with Crippen LogP contribution in [-0.4, -0.2) is 29.6 Å². The monoisotopic (exact) mass is 498 g/mol. The molecule has 1 amide bonds. The summed E-state index contributed by atoms with van der Waals surface area (Å²) in [5.41, 5.74) is 2.87. The number of ether oxygens (including phenoxy) is 2. The first kappa shape index (κ1) is 25.5. The molecule has 1 aromatic carbocycles. The summed E-state index contributed by atoms with van der Waals surface area (Å²) in [7, 11) is 1.63. The predicted octanol–water partition coefficient (Wildman–Crippen LogP) is 6.80. The Morgan fingerprint density at radius 2 is 1.63 bits per heavy atom. The van der Waals surface area contributed by atoms with Gasteiger partial charge in [0.15, 0.2) is 5.78 Å². The number of Topliss-reactive ketones (excluding diaryl/α,β-unsaturated/α-hetero) is 1. The van der Waals surface area contributed by atoms with E-state index in [9.17, 15) is 9.59 Å². The van der Waals surface area contributed by atoms with Crippen LogP contribution in [0.1, 0.15) is 98.4 Å². The highest BCUT2D eigenvalue weighted by Gasteiger charge is 2.34. The Kier molecular flexibility index (Phi) is 7.70. The molecule has 1 N–H and O–H groups in total. The number of nitrogens with one attached hydrogen (secondary N) is 1. The molecule has 188 valence electrons. The number of methoxy groups -OCH3 is 1. The summed E-state index contributed by atoms with van der Waals surface area (Å²) in [6.45, 7) is 5.69. The van der Waals surface area contributed by atoms with Crippen LogP contribution >= 0.6 is 11.6 Å². The Hall–Kier alpha value is -2.60. The zero-order valence-corrected chi connectivity index (χ0v) is 21.8. The standard InChI is InChI=1S/C28H35ClN2O4/c1-28(2,3)35-27(33)30-16-20-11-13-23(18-5-6-18)25(31-20)26(32)19-9-7-17(8-10-19)22-14-12-21(34-4)15-24(22)29/h11-15,17-19H,5-10,16H2,1-4H3,(H,30,33). The van der Waals surface area contributed by atoms with Crippen molar-refractivity contribution in [1.82, 2.24) is 10.3 Å². The number of rotatable bonds is 7. The largest absolute Gasteiger partial charge is 0.497 e. The smallest absolute Gasteiger partial charge is 0.407 e. The van der Waals surface area contributed by atoms with Crippen LogP contribution in [0, 0.1) is 5.92 Å². The van der Waals surface area contributed by atoms with Crippen LogP contribution in [0.3, 0.4) is 0 Å². The average Bonchev–Trinajstić information content (AvgIpc) is 3.66. The van der Waals surface area contributed by atoms with Crippen LogP contribution in [0.4, 0.5) is 4.79 Å². The minimum absolute atomic E-state index is 0.0395. The first-order valence-corrected chi connectivity index (χ1v) is 12.9. The van der Waals surface area contributed by atoms with E-state index >= 15 is 0 Å². The van der Waals surface area contributed by atoms with Crippen molar-refractivity contribution in [3.8, 4) is 5.75 Å². The van der Waals surface area contributed by atoms with Gasteiger partial charge in [-0.3, -0.25) is 4.79 Å². The van der Waals surface area contributed by atoms with Gasteiger partial charge in [0.25, 0.3) is 0 Å². The molecule has 0 bridgehead atoms. The molecule has 2 fully saturated rings. The molecular formula is C28H35ClN2O4. The van der Waals surface area contributed by atoms with E-state index in [-0.39, 0.29) is 18.2 Å². The zero-order valence-electron chi connectivity index (χ0n) is 21.0. The van der Waals surface area contributed by atoms with E-state index in [0.29, 0.717) is 23.2 Å². The van der Waals surface area contributed by atoms with Crippen molar-refractivity contribution in [2.45, 2.75) is 83.3 Å². The van der Waals surface area contributed by atoms with Crippen LogP contribution in [0.2, 0.25) is 5.02 Å². The minimum atomic E-state index is -0.566. The molecule has 2 aromatic rings. The van der Waals surface area contributed by atoms with E-state index in [4.69, 9.17) is 26.1 Å². The predicted molar refractivity (Wildman–Crippen MR) is 136 cm³/mol. The summed E-state index contributed by atoms with van der Waals surface area (Å²) in [4.78, 5) is 30.4. The second kappa shape index (κ2) is 10.6. The number of hydrogen-bond acceptors (Lipinski definition) is 5. The van der Waals surface area contributed by atoms with E-state index in [1.807, 2.05) is 51.1 Å². The second-order valence-electron chi connectivity index (χ2n) is 10.7. The molecular weight excluding hydrogens is 464 g/mol. The Balaban J connectivity index is 1.43. The molecule has 35 heavy (non-hydrogen) atoms. The highest BCUT2D eigenvalue weighted by molar-refractivity contribution is 6.31. The third kappa shape index (κ3) is 6.54. The lowest BCUT2D eigenvalue weighted by Crippen LogP contribution is -2.32. The number of halogens is 1. The van der Waals surface area contributed by atoms with E-state index in [2.05, 4.69) is 5.32 Å². The molecule has 2 aliphatic rings. The highest BCUT2D eigenvalue weighted by atomic mass is 35.5. The zero-order chi connectivity index (χ0) is 25.2. The van der Waals surface area contributed by atoms with Gasteiger partial charge in [0, 0.05) is 10.9 Å². The number of carbonyl (C=O) groups excluding carboxylic acids is 2. The number of benzene rings is 1. The number of carbonyl (C=O) groups is 2. The van der Waals surface area contributed by atoms with Gasteiger partial charge in [-0.15, -0.1) is 0 Å². The van der Waals surface area contributed by atoms with Gasteiger partial charge < -0.3 is 14.8 Å². The SMILES string of the molecule is COc1ccc(C2CCC(C(=O)c3nc(CNC(=O)OC(C)(C)C)ccc3C3CC3)CC2)c(Cl)c1. The summed E-state index contributed by atoms with van der Waals surface area (Å²) in [6, 6.07) is 9.77. The van der Waals surface area contributed by atoms with Crippen molar-refractivity contribution in [3.05, 3.63) is 57.9 Å². The number of alkyl carbamates (subject to hydrolysis) is 1. The van der Waals surface area contributed by atoms with Gasteiger partial charge in [-0.2, -0.15) is 0 Å². The molecule has 1 aromatic heterocycles. The fraction of sp³-hybridized carbons (Fsp3) is 0.536. The molecule has 0 saturated heterocycles. The Morgan fingerprint density at radius 3 is 2.23 bits per heavy atom. The molecule has 0 spiro atoms. The van der Waals surface area contributed by atoms with Crippen molar-refractivity contribution in [1.29, 1.82) is 0 Å². The Morgan fingerprint density at radius 1 is 1.00 bits per heavy atom. The highest BCUT2D eigenvalue weighted by Crippen LogP contribution is 2.44. The summed E-state index contributed by atoms with van der Waals surface area (Å²) in [5, 5.41) is 3.47. The molecule has 4 rings (SSSR count). The van der Waals surface area contributed by atoms with Gasteiger partial charge in [0.05, 0.1) is 19.3 Å². The lowest BCUT2D eigenvalue weighted by Gasteiger charge is -2.29. The Labute approximate surface area is 212 Å². The normalized spacial score (nSPS) is 20.3. The molecule has 6 nitrogen and oxygen atoms in total. The molecule has 0 aliphatic heterocycles. The number of nitrogens with zero attached hydrogens (tertiary/aromatic N) is 1. The van der Waals surface area contributed by atoms with Crippen LogP contribution in [0.5, 0.6) is 5.75 Å². The first-order valence-electron chi connectivity index (χ1n) is 12.5. The van der Waals surface area contributed by atoms with Crippen LogP contribution in [0.15, 0.2) is 30.3 Å². The third-order valence-corrected chi connectivity index (χ3v) is 7.12. The van der Waals surface area contributed by atoms with Crippen molar-refractivity contribution in [2.75, 3.05) is 7.11 Å². The van der Waals surface area contributed by atoms with Gasteiger partial charge in [0.1, 0.15) is 17.0 Å². The van der Waals surface area contributed by atoms with Gasteiger partial charge in [-0.25, -0.2) is 9.78 Å². The van der Waals surface area contributed by atoms with Crippen molar-refractivity contribution in [2.24, 2.45) is 5.92 Å². The molecule has 0 atom stereocenters. The topological polar surface area (TPSA) is 77.5 Å². The quantitative estimate of drug-likeness (QED) is 0.424. The van der Waals surface area contributed by atoms with Crippen molar-refractivity contribution in [3.63, 3.8) is 0 Å². The van der Waals surface area contributed by atoms with Gasteiger partial charge >= 0.3 is 6.09 Å². The van der Waals surface area contributed by atoms with E-state index < -0.39 is 11.7 Å². The van der Waals surface area contributed by atoms with Gasteiger partial charge in [0.2, 0.25) is 0 Å². The minimum Gasteiger partial charge on any atom is -0.497 e. The van der Waals surface area contributed by atoms with E-state index in [1.165, 1.54) is 0 Å². The van der Waals surface area contributed by atoms with Crippen molar-refractivity contribution >= 4 is 23.5 Å². The van der Waals surface area contributed by atoms with E-state index in [0.717, 1.165) is 60.4 Å². The lowest BCUT2D eigenvalue weighted by molar-refractivity contribution is 0.0523. The van der Waals surface area contributed by atoms with Gasteiger partial charge in [-0.05, 0) is 100 Å². The van der Waals surface area contributed by atoms with Gasteiger partial charge in [-0.1, -0.05) is 23.7 Å². The maximum absolute atomic E-state index is 13.6. The molecule has 7 heteroatoms.